The number of aliphatic imine (C=N–C) groups is 1. The number of guanidine groups is 1. The van der Waals surface area contributed by atoms with E-state index in [0.29, 0.717) is 50.3 Å². The monoisotopic (exact) mass is 507 g/mol. The molecule has 9 heteroatoms. The van der Waals surface area contributed by atoms with E-state index < -0.39 is 0 Å². The van der Waals surface area contributed by atoms with Crippen molar-refractivity contribution in [1.82, 2.24) is 20.4 Å². The predicted octanol–water partition coefficient (Wildman–Crippen LogP) is 1.70. The molecule has 1 aliphatic heterocycles. The number of nitrogens with zero attached hydrogens (tertiary/aromatic N) is 3. The molecule has 1 aromatic carbocycles. The number of hydrogen-bond donors (Lipinski definition) is 2. The molecule has 2 N–H and O–H groups in total. The van der Waals surface area contributed by atoms with Gasteiger partial charge in [-0.25, -0.2) is 0 Å². The summed E-state index contributed by atoms with van der Waals surface area (Å²) in [5, 5.41) is 6.62. The van der Waals surface area contributed by atoms with Crippen molar-refractivity contribution in [2.45, 2.75) is 20.4 Å². The van der Waals surface area contributed by atoms with Crippen molar-refractivity contribution < 1.29 is 9.59 Å². The molecule has 0 spiro atoms. The van der Waals surface area contributed by atoms with E-state index >= 15 is 0 Å². The lowest BCUT2D eigenvalue weighted by Gasteiger charge is -2.36. The van der Waals surface area contributed by atoms with Crippen LogP contribution in [0, 0.1) is 0 Å². The zero-order valence-electron chi connectivity index (χ0n) is 15.7. The Morgan fingerprint density at radius 3 is 2.52 bits per heavy atom. The first-order valence-corrected chi connectivity index (χ1v) is 9.17. The van der Waals surface area contributed by atoms with Crippen LogP contribution in [0.3, 0.4) is 0 Å². The maximum Gasteiger partial charge on any atom is 0.242 e. The standard InChI is InChI=1S/C18H26ClN5O2.HI/c1-3-20-18(22-9-8-21-14(2)25)24-11-10-23(17(26)13-24)12-15-4-6-16(19)7-5-15;/h4-7H,3,8-13H2,1-2H3,(H,20,22)(H,21,25);1H. The van der Waals surface area contributed by atoms with Crippen LogP contribution in [-0.2, 0) is 16.1 Å². The number of nitrogens with one attached hydrogen (secondary N) is 2. The quantitative estimate of drug-likeness (QED) is 0.266. The average Bonchev–Trinajstić information content (AvgIpc) is 2.61. The van der Waals surface area contributed by atoms with E-state index in [2.05, 4.69) is 15.6 Å². The summed E-state index contributed by atoms with van der Waals surface area (Å²) < 4.78 is 0. The molecule has 0 radical (unpaired) electrons. The first-order chi connectivity index (χ1) is 12.5. The summed E-state index contributed by atoms with van der Waals surface area (Å²) in [7, 11) is 0. The van der Waals surface area contributed by atoms with Gasteiger partial charge in [0.1, 0.15) is 0 Å². The van der Waals surface area contributed by atoms with Crippen LogP contribution in [0.25, 0.3) is 0 Å². The summed E-state index contributed by atoms with van der Waals surface area (Å²) in [6.07, 6.45) is 0. The van der Waals surface area contributed by atoms with Crippen molar-refractivity contribution in [3.63, 3.8) is 0 Å². The van der Waals surface area contributed by atoms with Gasteiger partial charge >= 0.3 is 0 Å². The summed E-state index contributed by atoms with van der Waals surface area (Å²) in [5.74, 6) is 0.701. The fourth-order valence-electron chi connectivity index (χ4n) is 2.69. The van der Waals surface area contributed by atoms with Gasteiger partial charge in [0.25, 0.3) is 0 Å². The lowest BCUT2D eigenvalue weighted by atomic mass is 10.2. The molecule has 1 aliphatic rings. The first kappa shape index (κ1) is 23.5. The van der Waals surface area contributed by atoms with Crippen molar-refractivity contribution in [3.05, 3.63) is 34.9 Å². The van der Waals surface area contributed by atoms with E-state index in [4.69, 9.17) is 11.6 Å². The molecule has 0 saturated carbocycles. The molecular formula is C18H27ClIN5O2. The number of carbonyl (C=O) groups is 2. The Kier molecular flexibility index (Phi) is 10.5. The smallest absolute Gasteiger partial charge is 0.242 e. The Balaban J connectivity index is 0.00000364. The maximum atomic E-state index is 12.5. The van der Waals surface area contributed by atoms with Gasteiger partial charge in [-0.1, -0.05) is 23.7 Å². The summed E-state index contributed by atoms with van der Waals surface area (Å²) in [4.78, 5) is 31.7. The van der Waals surface area contributed by atoms with Crippen LogP contribution >= 0.6 is 35.6 Å². The number of halogens is 2. The predicted molar refractivity (Wildman–Crippen MR) is 119 cm³/mol. The van der Waals surface area contributed by atoms with Gasteiger partial charge in [0, 0.05) is 44.7 Å². The topological polar surface area (TPSA) is 77.0 Å². The molecule has 2 rings (SSSR count). The number of rotatable bonds is 6. The Labute approximate surface area is 182 Å². The molecule has 0 bridgehead atoms. The van der Waals surface area contributed by atoms with Gasteiger partial charge in [-0.2, -0.15) is 0 Å². The van der Waals surface area contributed by atoms with Gasteiger partial charge < -0.3 is 20.4 Å². The van der Waals surface area contributed by atoms with Crippen molar-refractivity contribution >= 4 is 53.4 Å². The van der Waals surface area contributed by atoms with Gasteiger partial charge in [0.15, 0.2) is 5.96 Å². The van der Waals surface area contributed by atoms with Crippen LogP contribution in [0.15, 0.2) is 29.3 Å². The second kappa shape index (κ2) is 12.0. The van der Waals surface area contributed by atoms with Gasteiger partial charge in [-0.15, -0.1) is 24.0 Å². The SMILES string of the molecule is CCNC(=NCCNC(C)=O)N1CCN(Cc2ccc(Cl)cc2)C(=O)C1.I. The minimum Gasteiger partial charge on any atom is -0.357 e. The Morgan fingerprint density at radius 1 is 1.22 bits per heavy atom. The third-order valence-electron chi connectivity index (χ3n) is 3.99. The van der Waals surface area contributed by atoms with Crippen molar-refractivity contribution in [1.29, 1.82) is 0 Å². The van der Waals surface area contributed by atoms with Crippen LogP contribution < -0.4 is 10.6 Å². The molecule has 150 valence electrons. The van der Waals surface area contributed by atoms with Gasteiger partial charge in [0.05, 0.1) is 13.1 Å². The largest absolute Gasteiger partial charge is 0.357 e. The fourth-order valence-corrected chi connectivity index (χ4v) is 2.81. The average molecular weight is 508 g/mol. The second-order valence-electron chi connectivity index (χ2n) is 6.08. The van der Waals surface area contributed by atoms with Crippen LogP contribution in [-0.4, -0.2) is 66.8 Å². The highest BCUT2D eigenvalue weighted by molar-refractivity contribution is 14.0. The van der Waals surface area contributed by atoms with E-state index in [9.17, 15) is 9.59 Å². The highest BCUT2D eigenvalue weighted by Crippen LogP contribution is 2.13. The minimum atomic E-state index is -0.0730. The van der Waals surface area contributed by atoms with E-state index in [1.807, 2.05) is 41.0 Å². The van der Waals surface area contributed by atoms with E-state index in [-0.39, 0.29) is 35.8 Å². The van der Waals surface area contributed by atoms with Crippen molar-refractivity contribution in [3.8, 4) is 0 Å². The fraction of sp³-hybridized carbons (Fsp3) is 0.500. The molecule has 1 saturated heterocycles. The molecule has 2 amide bonds. The molecule has 1 aromatic rings. The van der Waals surface area contributed by atoms with E-state index in [1.165, 1.54) is 6.92 Å². The third-order valence-corrected chi connectivity index (χ3v) is 4.24. The zero-order valence-corrected chi connectivity index (χ0v) is 18.8. The minimum absolute atomic E-state index is 0. The summed E-state index contributed by atoms with van der Waals surface area (Å²) in [6, 6.07) is 7.55. The molecular weight excluding hydrogens is 481 g/mol. The molecule has 27 heavy (non-hydrogen) atoms. The van der Waals surface area contributed by atoms with Crippen molar-refractivity contribution in [2.24, 2.45) is 4.99 Å². The molecule has 0 aromatic heterocycles. The third kappa shape index (κ3) is 7.92. The molecule has 7 nitrogen and oxygen atoms in total. The number of carbonyl (C=O) groups excluding carboxylic acids is 2. The van der Waals surface area contributed by atoms with Gasteiger partial charge in [-0.3, -0.25) is 14.6 Å². The molecule has 0 aliphatic carbocycles. The number of benzene rings is 1. The summed E-state index contributed by atoms with van der Waals surface area (Å²) in [6.45, 7) is 7.37. The lowest BCUT2D eigenvalue weighted by Crippen LogP contribution is -2.55. The first-order valence-electron chi connectivity index (χ1n) is 8.79. The molecule has 1 heterocycles. The van der Waals surface area contributed by atoms with Crippen LogP contribution in [0.4, 0.5) is 0 Å². The Hall–Kier alpha value is -1.55. The molecule has 0 unspecified atom stereocenters. The van der Waals surface area contributed by atoms with Gasteiger partial charge in [-0.05, 0) is 24.6 Å². The normalized spacial score (nSPS) is 14.6. The molecule has 1 fully saturated rings. The van der Waals surface area contributed by atoms with Crippen LogP contribution in [0.1, 0.15) is 19.4 Å². The van der Waals surface area contributed by atoms with E-state index in [0.717, 1.165) is 12.1 Å². The highest BCUT2D eigenvalue weighted by atomic mass is 127. The Morgan fingerprint density at radius 2 is 1.93 bits per heavy atom. The number of piperazine rings is 1. The maximum absolute atomic E-state index is 12.5. The second-order valence-corrected chi connectivity index (χ2v) is 6.52. The number of hydrogen-bond acceptors (Lipinski definition) is 3. The number of amides is 2. The summed E-state index contributed by atoms with van der Waals surface area (Å²) >= 11 is 5.91. The van der Waals surface area contributed by atoms with Crippen molar-refractivity contribution in [2.75, 3.05) is 39.3 Å². The zero-order chi connectivity index (χ0) is 18.9. The summed E-state index contributed by atoms with van der Waals surface area (Å²) in [5.41, 5.74) is 1.06. The van der Waals surface area contributed by atoms with Gasteiger partial charge in [0.2, 0.25) is 11.8 Å². The van der Waals surface area contributed by atoms with Crippen LogP contribution in [0.2, 0.25) is 5.02 Å². The van der Waals surface area contributed by atoms with E-state index in [1.54, 1.807) is 0 Å². The highest BCUT2D eigenvalue weighted by Gasteiger charge is 2.25. The van der Waals surface area contributed by atoms with Crippen LogP contribution in [0.5, 0.6) is 0 Å². The lowest BCUT2D eigenvalue weighted by molar-refractivity contribution is -0.135. The molecule has 0 atom stereocenters. The Bertz CT molecular complexity index is 654.